The van der Waals surface area contributed by atoms with Crippen LogP contribution in [-0.4, -0.2) is 43.4 Å². The lowest BCUT2D eigenvalue weighted by Gasteiger charge is -2.18. The molecule has 8 heteroatoms. The van der Waals surface area contributed by atoms with Gasteiger partial charge in [0.25, 0.3) is 0 Å². The third-order valence-corrected chi connectivity index (χ3v) is 6.11. The van der Waals surface area contributed by atoms with Crippen molar-refractivity contribution < 1.29 is 5.11 Å². The SMILES string of the molecule is Cc1nc(N2CCC(O)C2)ccc1-n1c(=O)n(C)c2cnc3ccc(Br)cc3c21. The Labute approximate surface area is 175 Å². The molecule has 29 heavy (non-hydrogen) atoms. The third-order valence-electron chi connectivity index (χ3n) is 5.62. The van der Waals surface area contributed by atoms with Gasteiger partial charge in [0.2, 0.25) is 0 Å². The molecule has 1 aromatic carbocycles. The number of aryl methyl sites for hydroxylation is 2. The molecule has 1 unspecified atom stereocenters. The number of pyridine rings is 2. The summed E-state index contributed by atoms with van der Waals surface area (Å²) in [5.74, 6) is 0.824. The summed E-state index contributed by atoms with van der Waals surface area (Å²) in [7, 11) is 1.76. The zero-order chi connectivity index (χ0) is 20.3. The molecule has 1 atom stereocenters. The van der Waals surface area contributed by atoms with Crippen molar-refractivity contribution >= 4 is 43.7 Å². The second-order valence-corrected chi connectivity index (χ2v) is 8.41. The van der Waals surface area contributed by atoms with Crippen LogP contribution < -0.4 is 10.6 Å². The molecule has 4 heterocycles. The second-order valence-electron chi connectivity index (χ2n) is 7.49. The summed E-state index contributed by atoms with van der Waals surface area (Å²) in [6.45, 7) is 3.28. The molecule has 0 saturated carbocycles. The fourth-order valence-electron chi connectivity index (χ4n) is 4.10. The number of anilines is 1. The highest BCUT2D eigenvalue weighted by atomic mass is 79.9. The van der Waals surface area contributed by atoms with Crippen LogP contribution in [0.4, 0.5) is 5.82 Å². The predicted octanol–water partition coefficient (Wildman–Crippen LogP) is 2.91. The number of rotatable bonds is 2. The summed E-state index contributed by atoms with van der Waals surface area (Å²) in [6, 6.07) is 9.73. The van der Waals surface area contributed by atoms with Crippen LogP contribution in [0.1, 0.15) is 12.1 Å². The van der Waals surface area contributed by atoms with Gasteiger partial charge in [0, 0.05) is 30.0 Å². The van der Waals surface area contributed by atoms with Gasteiger partial charge in [-0.1, -0.05) is 15.9 Å². The molecule has 1 aliphatic heterocycles. The van der Waals surface area contributed by atoms with Gasteiger partial charge in [-0.3, -0.25) is 14.1 Å². The number of aromatic nitrogens is 4. The van der Waals surface area contributed by atoms with Crippen LogP contribution in [0.3, 0.4) is 0 Å². The van der Waals surface area contributed by atoms with Crippen LogP contribution >= 0.6 is 15.9 Å². The van der Waals surface area contributed by atoms with Crippen LogP contribution in [0.2, 0.25) is 0 Å². The molecule has 148 valence electrons. The van der Waals surface area contributed by atoms with Crippen molar-refractivity contribution in [2.45, 2.75) is 19.4 Å². The number of fused-ring (bicyclic) bond motifs is 3. The summed E-state index contributed by atoms with van der Waals surface area (Å²) < 4.78 is 4.27. The van der Waals surface area contributed by atoms with Crippen molar-refractivity contribution in [3.05, 3.63) is 57.2 Å². The minimum atomic E-state index is -0.310. The maximum Gasteiger partial charge on any atom is 0.333 e. The van der Waals surface area contributed by atoms with Crippen molar-refractivity contribution in [3.63, 3.8) is 0 Å². The summed E-state index contributed by atoms with van der Waals surface area (Å²) in [5, 5.41) is 10.7. The smallest absolute Gasteiger partial charge is 0.333 e. The Morgan fingerprint density at radius 1 is 1.24 bits per heavy atom. The number of β-amino-alcohol motifs (C(OH)–C–C–N with tert-alkyl or cyclic N) is 1. The zero-order valence-corrected chi connectivity index (χ0v) is 17.7. The monoisotopic (exact) mass is 453 g/mol. The fraction of sp³-hybridized carbons (Fsp3) is 0.286. The van der Waals surface area contributed by atoms with Gasteiger partial charge in [-0.25, -0.2) is 9.78 Å². The minimum absolute atomic E-state index is 0.136. The van der Waals surface area contributed by atoms with E-state index in [1.165, 1.54) is 0 Å². The van der Waals surface area contributed by atoms with E-state index in [1.54, 1.807) is 22.4 Å². The summed E-state index contributed by atoms with van der Waals surface area (Å²) in [4.78, 5) is 24.5. The Morgan fingerprint density at radius 3 is 2.79 bits per heavy atom. The summed E-state index contributed by atoms with van der Waals surface area (Å²) >= 11 is 3.53. The maximum atomic E-state index is 13.2. The Balaban J connectivity index is 1.76. The first-order valence-electron chi connectivity index (χ1n) is 9.51. The minimum Gasteiger partial charge on any atom is -0.391 e. The average Bonchev–Trinajstić information content (AvgIpc) is 3.24. The fourth-order valence-corrected chi connectivity index (χ4v) is 4.46. The molecule has 0 amide bonds. The molecular weight excluding hydrogens is 434 g/mol. The lowest BCUT2D eigenvalue weighted by Crippen LogP contribution is -2.24. The van der Waals surface area contributed by atoms with Gasteiger partial charge in [0.05, 0.1) is 40.2 Å². The molecule has 4 aromatic rings. The van der Waals surface area contributed by atoms with Gasteiger partial charge in [-0.15, -0.1) is 0 Å². The van der Waals surface area contributed by atoms with Crippen LogP contribution in [0.15, 0.2) is 45.8 Å². The van der Waals surface area contributed by atoms with E-state index in [9.17, 15) is 9.90 Å². The van der Waals surface area contributed by atoms with E-state index in [4.69, 9.17) is 4.98 Å². The molecule has 0 aliphatic carbocycles. The Bertz CT molecular complexity index is 1330. The van der Waals surface area contributed by atoms with Gasteiger partial charge in [0.15, 0.2) is 0 Å². The number of hydrogen-bond acceptors (Lipinski definition) is 5. The molecule has 0 spiro atoms. The number of aliphatic hydroxyl groups is 1. The van der Waals surface area contributed by atoms with Gasteiger partial charge in [-0.2, -0.15) is 0 Å². The first-order chi connectivity index (χ1) is 13.9. The van der Waals surface area contributed by atoms with Crippen molar-refractivity contribution in [3.8, 4) is 5.69 Å². The van der Waals surface area contributed by atoms with E-state index in [0.717, 1.165) is 56.6 Å². The maximum absolute atomic E-state index is 13.2. The summed E-state index contributed by atoms with van der Waals surface area (Å²) in [6.07, 6.45) is 2.18. The second kappa shape index (κ2) is 6.67. The zero-order valence-electron chi connectivity index (χ0n) is 16.1. The molecule has 1 saturated heterocycles. The third kappa shape index (κ3) is 2.86. The normalized spacial score (nSPS) is 17.0. The van der Waals surface area contributed by atoms with E-state index in [-0.39, 0.29) is 11.8 Å². The number of aliphatic hydroxyl groups excluding tert-OH is 1. The highest BCUT2D eigenvalue weighted by molar-refractivity contribution is 9.10. The van der Waals surface area contributed by atoms with Crippen molar-refractivity contribution in [1.82, 2.24) is 19.1 Å². The molecule has 0 radical (unpaired) electrons. The van der Waals surface area contributed by atoms with Gasteiger partial charge < -0.3 is 10.0 Å². The molecular formula is C21H20BrN5O2. The quantitative estimate of drug-likeness (QED) is 0.504. The molecule has 0 bridgehead atoms. The number of halogens is 1. The highest BCUT2D eigenvalue weighted by Gasteiger charge is 2.23. The molecule has 1 fully saturated rings. The number of imidazole rings is 1. The average molecular weight is 454 g/mol. The number of benzene rings is 1. The van der Waals surface area contributed by atoms with E-state index >= 15 is 0 Å². The standard InChI is InChI=1S/C21H20BrN5O2/c1-12-17(5-6-19(24-12)26-8-7-14(28)11-26)27-20-15-9-13(22)3-4-16(15)23-10-18(20)25(2)21(27)29/h3-6,9-10,14,28H,7-8,11H2,1-2H3. The molecule has 7 nitrogen and oxygen atoms in total. The number of nitrogens with zero attached hydrogens (tertiary/aromatic N) is 5. The van der Waals surface area contributed by atoms with Crippen LogP contribution in [0.5, 0.6) is 0 Å². The summed E-state index contributed by atoms with van der Waals surface area (Å²) in [5.41, 5.74) is 3.79. The molecule has 3 aromatic heterocycles. The topological polar surface area (TPSA) is 76.2 Å². The Morgan fingerprint density at radius 2 is 2.07 bits per heavy atom. The van der Waals surface area contributed by atoms with Crippen molar-refractivity contribution in [1.29, 1.82) is 0 Å². The van der Waals surface area contributed by atoms with Gasteiger partial charge in [0.1, 0.15) is 5.82 Å². The lowest BCUT2D eigenvalue weighted by molar-refractivity contribution is 0.198. The number of hydrogen-bond donors (Lipinski definition) is 1. The predicted molar refractivity (Wildman–Crippen MR) is 117 cm³/mol. The molecule has 1 N–H and O–H groups in total. The van der Waals surface area contributed by atoms with Crippen molar-refractivity contribution in [2.24, 2.45) is 7.05 Å². The highest BCUT2D eigenvalue weighted by Crippen LogP contribution is 2.29. The van der Waals surface area contributed by atoms with Crippen LogP contribution in [0, 0.1) is 6.92 Å². The van der Waals surface area contributed by atoms with Gasteiger partial charge >= 0.3 is 5.69 Å². The van der Waals surface area contributed by atoms with E-state index in [2.05, 4.69) is 25.8 Å². The lowest BCUT2D eigenvalue weighted by atomic mass is 10.2. The van der Waals surface area contributed by atoms with Crippen LogP contribution in [0.25, 0.3) is 27.6 Å². The van der Waals surface area contributed by atoms with E-state index < -0.39 is 0 Å². The first-order valence-corrected chi connectivity index (χ1v) is 10.3. The van der Waals surface area contributed by atoms with Crippen molar-refractivity contribution in [2.75, 3.05) is 18.0 Å². The Kier molecular flexibility index (Phi) is 4.22. The largest absolute Gasteiger partial charge is 0.391 e. The van der Waals surface area contributed by atoms with E-state index in [1.807, 2.05) is 37.3 Å². The molecule has 1 aliphatic rings. The van der Waals surface area contributed by atoms with Crippen LogP contribution in [-0.2, 0) is 7.05 Å². The van der Waals surface area contributed by atoms with E-state index in [0.29, 0.717) is 6.54 Å². The first kappa shape index (κ1) is 18.3. The van der Waals surface area contributed by atoms with Gasteiger partial charge in [-0.05, 0) is 43.7 Å². The molecule has 5 rings (SSSR count). The Hall–Kier alpha value is -2.71.